The predicted molar refractivity (Wildman–Crippen MR) is 98.1 cm³/mol. The highest BCUT2D eigenvalue weighted by atomic mass is 16.3. The average molecular weight is 340 g/mol. The Kier molecular flexibility index (Phi) is 5.20. The molecule has 2 aliphatic rings. The van der Waals surface area contributed by atoms with Gasteiger partial charge in [-0.1, -0.05) is 30.3 Å². The molecule has 0 saturated carbocycles. The van der Waals surface area contributed by atoms with Gasteiger partial charge in [0.2, 0.25) is 0 Å². The van der Waals surface area contributed by atoms with E-state index < -0.39 is 0 Å². The average Bonchev–Trinajstić information content (AvgIpc) is 3.23. The number of benzene rings is 1. The fourth-order valence-electron chi connectivity index (χ4n) is 4.67. The maximum atomic E-state index is 9.40. The van der Waals surface area contributed by atoms with Crippen molar-refractivity contribution in [1.29, 1.82) is 0 Å². The Morgan fingerprint density at radius 2 is 1.84 bits per heavy atom. The molecular formula is C21H28N2O2. The van der Waals surface area contributed by atoms with Crippen molar-refractivity contribution in [2.24, 2.45) is 0 Å². The lowest BCUT2D eigenvalue weighted by atomic mass is 9.95. The monoisotopic (exact) mass is 340 g/mol. The molecule has 1 aromatic carbocycles. The topological polar surface area (TPSA) is 48.6 Å². The van der Waals surface area contributed by atoms with Crippen LogP contribution in [0.2, 0.25) is 0 Å². The Hall–Kier alpha value is -1.62. The normalized spacial score (nSPS) is 27.5. The summed E-state index contributed by atoms with van der Waals surface area (Å²) in [7, 11) is 0. The van der Waals surface area contributed by atoms with Crippen molar-refractivity contribution in [2.75, 3.05) is 6.61 Å². The first-order valence-corrected chi connectivity index (χ1v) is 9.53. The molecule has 25 heavy (non-hydrogen) atoms. The maximum absolute atomic E-state index is 9.40. The third kappa shape index (κ3) is 3.81. The molecule has 2 N–H and O–H groups in total. The molecular weight excluding hydrogens is 312 g/mol. The molecule has 1 unspecified atom stereocenters. The maximum Gasteiger partial charge on any atom is 0.120 e. The second kappa shape index (κ2) is 7.73. The molecule has 2 saturated heterocycles. The summed E-state index contributed by atoms with van der Waals surface area (Å²) in [5.74, 6) is 0.938. The van der Waals surface area contributed by atoms with Crippen LogP contribution in [-0.4, -0.2) is 34.7 Å². The van der Waals surface area contributed by atoms with Crippen LogP contribution in [0.15, 0.2) is 53.1 Å². The summed E-state index contributed by atoms with van der Waals surface area (Å²) in [5, 5.41) is 13.2. The molecule has 0 aliphatic carbocycles. The second-order valence-electron chi connectivity index (χ2n) is 7.46. The Balaban J connectivity index is 1.39. The molecule has 4 atom stereocenters. The minimum Gasteiger partial charge on any atom is -0.468 e. The number of piperidine rings is 1. The second-order valence-corrected chi connectivity index (χ2v) is 7.46. The Morgan fingerprint density at radius 1 is 1.08 bits per heavy atom. The highest BCUT2D eigenvalue weighted by molar-refractivity contribution is 5.16. The Labute approximate surface area is 149 Å². The molecule has 2 fully saturated rings. The highest BCUT2D eigenvalue weighted by Crippen LogP contribution is 2.37. The van der Waals surface area contributed by atoms with Gasteiger partial charge in [0.1, 0.15) is 5.76 Å². The molecule has 2 aromatic rings. The van der Waals surface area contributed by atoms with E-state index in [0.717, 1.165) is 12.3 Å². The number of nitrogens with zero attached hydrogens (tertiary/aromatic N) is 1. The molecule has 1 aromatic heterocycles. The van der Waals surface area contributed by atoms with Crippen LogP contribution in [0.1, 0.15) is 49.5 Å². The van der Waals surface area contributed by atoms with Gasteiger partial charge in [-0.05, 0) is 49.8 Å². The van der Waals surface area contributed by atoms with E-state index in [-0.39, 0.29) is 12.6 Å². The van der Waals surface area contributed by atoms with Crippen molar-refractivity contribution in [1.82, 2.24) is 10.2 Å². The van der Waals surface area contributed by atoms with Crippen LogP contribution in [0.5, 0.6) is 0 Å². The lowest BCUT2D eigenvalue weighted by molar-refractivity contribution is 0.101. The summed E-state index contributed by atoms with van der Waals surface area (Å²) in [5.41, 5.74) is 1.42. The molecule has 134 valence electrons. The zero-order chi connectivity index (χ0) is 17.1. The zero-order valence-corrected chi connectivity index (χ0v) is 14.7. The van der Waals surface area contributed by atoms with Crippen molar-refractivity contribution in [3.63, 3.8) is 0 Å². The quantitative estimate of drug-likeness (QED) is 0.810. The zero-order valence-electron chi connectivity index (χ0n) is 14.7. The van der Waals surface area contributed by atoms with Gasteiger partial charge in [-0.25, -0.2) is 0 Å². The van der Waals surface area contributed by atoms with Gasteiger partial charge in [-0.15, -0.1) is 0 Å². The van der Waals surface area contributed by atoms with Crippen molar-refractivity contribution in [3.8, 4) is 0 Å². The van der Waals surface area contributed by atoms with Gasteiger partial charge in [0, 0.05) is 31.3 Å². The first-order chi connectivity index (χ1) is 12.3. The summed E-state index contributed by atoms with van der Waals surface area (Å²) in [6.07, 6.45) is 7.40. The number of furan rings is 1. The van der Waals surface area contributed by atoms with Crippen molar-refractivity contribution in [3.05, 3.63) is 60.1 Å². The molecule has 0 radical (unpaired) electrons. The van der Waals surface area contributed by atoms with Gasteiger partial charge in [0.05, 0.1) is 12.3 Å². The van der Waals surface area contributed by atoms with Crippen LogP contribution in [-0.2, 0) is 6.54 Å². The van der Waals surface area contributed by atoms with Crippen LogP contribution < -0.4 is 5.32 Å². The number of rotatable bonds is 7. The van der Waals surface area contributed by atoms with Crippen LogP contribution in [0.4, 0.5) is 0 Å². The number of aliphatic hydroxyl groups excluding tert-OH is 1. The first-order valence-electron chi connectivity index (χ1n) is 9.53. The largest absolute Gasteiger partial charge is 0.468 e. The summed E-state index contributed by atoms with van der Waals surface area (Å²) in [6.45, 7) is 1.25. The molecule has 4 rings (SSSR count). The van der Waals surface area contributed by atoms with Crippen LogP contribution in [0, 0.1) is 0 Å². The predicted octanol–water partition coefficient (Wildman–Crippen LogP) is 3.49. The van der Waals surface area contributed by atoms with Gasteiger partial charge in [0.25, 0.3) is 0 Å². The van der Waals surface area contributed by atoms with Crippen molar-refractivity contribution >= 4 is 0 Å². The van der Waals surface area contributed by atoms with Crippen LogP contribution in [0.3, 0.4) is 0 Å². The summed E-state index contributed by atoms with van der Waals surface area (Å²) < 4.78 is 5.58. The minimum absolute atomic E-state index is 0.116. The van der Waals surface area contributed by atoms with Crippen molar-refractivity contribution in [2.45, 2.75) is 62.8 Å². The van der Waals surface area contributed by atoms with Gasteiger partial charge in [-0.2, -0.15) is 0 Å². The fourth-order valence-corrected chi connectivity index (χ4v) is 4.67. The van der Waals surface area contributed by atoms with E-state index in [0.29, 0.717) is 24.5 Å². The minimum atomic E-state index is 0.116. The molecule has 0 spiro atoms. The van der Waals surface area contributed by atoms with Crippen LogP contribution in [0.25, 0.3) is 0 Å². The number of hydrogen-bond acceptors (Lipinski definition) is 4. The van der Waals surface area contributed by atoms with E-state index in [2.05, 4.69) is 40.5 Å². The summed E-state index contributed by atoms with van der Waals surface area (Å²) in [4.78, 5) is 2.71. The van der Waals surface area contributed by atoms with Gasteiger partial charge >= 0.3 is 0 Å². The first kappa shape index (κ1) is 16.8. The smallest absolute Gasteiger partial charge is 0.120 e. The number of fused-ring (bicyclic) bond motifs is 2. The van der Waals surface area contributed by atoms with E-state index in [4.69, 9.17) is 4.42 Å². The van der Waals surface area contributed by atoms with Gasteiger partial charge in [0.15, 0.2) is 0 Å². The van der Waals surface area contributed by atoms with Gasteiger partial charge < -0.3 is 14.8 Å². The molecule has 4 nitrogen and oxygen atoms in total. The van der Waals surface area contributed by atoms with E-state index in [1.165, 1.54) is 31.2 Å². The lowest BCUT2D eigenvalue weighted by Crippen LogP contribution is -2.49. The molecule has 2 aliphatic heterocycles. The summed E-state index contributed by atoms with van der Waals surface area (Å²) in [6, 6.07) is 16.7. The third-order valence-electron chi connectivity index (χ3n) is 5.83. The van der Waals surface area contributed by atoms with E-state index in [1.807, 2.05) is 12.1 Å². The van der Waals surface area contributed by atoms with Crippen molar-refractivity contribution < 1.29 is 9.52 Å². The highest BCUT2D eigenvalue weighted by Gasteiger charge is 2.41. The Bertz CT molecular complexity index is 629. The number of nitrogens with one attached hydrogen (secondary N) is 1. The van der Waals surface area contributed by atoms with Gasteiger partial charge in [-0.3, -0.25) is 4.90 Å². The Morgan fingerprint density at radius 3 is 2.48 bits per heavy atom. The standard InChI is InChI=1S/C21H28N2O2/c24-11-10-20(21-7-4-12-25-21)22-17-13-18-8-9-19(14-17)23(18)15-16-5-2-1-3-6-16/h1-7,12,17-20,22,24H,8-11,13-15H2/t17?,18-,19+,20-/m1/s1. The van der Waals surface area contributed by atoms with Crippen LogP contribution >= 0.6 is 0 Å². The molecule has 2 bridgehead atoms. The van der Waals surface area contributed by atoms with E-state index >= 15 is 0 Å². The SMILES string of the molecule is OCC[C@@H](NC1C[C@H]2CC[C@@H](C1)N2Cc1ccccc1)c1ccco1. The molecule has 4 heteroatoms. The van der Waals surface area contributed by atoms with E-state index in [1.54, 1.807) is 6.26 Å². The third-order valence-corrected chi connectivity index (χ3v) is 5.83. The molecule has 3 heterocycles. The number of aliphatic hydroxyl groups is 1. The fraction of sp³-hybridized carbons (Fsp3) is 0.524. The lowest BCUT2D eigenvalue weighted by Gasteiger charge is -2.40. The number of hydrogen-bond donors (Lipinski definition) is 2. The molecule has 0 amide bonds. The van der Waals surface area contributed by atoms with E-state index in [9.17, 15) is 5.11 Å². The summed E-state index contributed by atoms with van der Waals surface area (Å²) >= 11 is 0.